The fraction of sp³-hybridized carbons (Fsp3) is 0.677. The van der Waals surface area contributed by atoms with E-state index < -0.39 is 71.5 Å². The van der Waals surface area contributed by atoms with Crippen LogP contribution in [0.15, 0.2) is 36.0 Å². The van der Waals surface area contributed by atoms with Gasteiger partial charge in [-0.1, -0.05) is 52.0 Å². The summed E-state index contributed by atoms with van der Waals surface area (Å²) < 4.78 is 29.0. The lowest BCUT2D eigenvalue weighted by atomic mass is 9.44. The predicted octanol–water partition coefficient (Wildman–Crippen LogP) is 4.16. The maximum absolute atomic E-state index is 12.8. The number of rotatable bonds is 9. The minimum absolute atomic E-state index is 0.0769. The Bertz CT molecular complexity index is 1120. The van der Waals surface area contributed by atoms with Crippen LogP contribution in [-0.4, -0.2) is 59.9 Å². The standard InChI is InChI=1S/C31H44O10/c1-10-17(4)11-12-30(9)18(5)26(37-19(6)32)27(36)31-23(28(38-20(7)33)41-29(31)39-21(8)34)14-22(15-24(30)31)40-25(35)13-16(2)3/h10-11,14,16,18,22,24,26-29,36H,1,12-13,15H2,2-9H3/b17-11-/t18-,22+,24+,26-,27+,28+,29-,30-,31-/m1/s1. The van der Waals surface area contributed by atoms with Gasteiger partial charge in [-0.15, -0.1) is 0 Å². The molecule has 41 heavy (non-hydrogen) atoms. The van der Waals surface area contributed by atoms with Gasteiger partial charge in [0.05, 0.1) is 5.41 Å². The van der Waals surface area contributed by atoms with Crippen molar-refractivity contribution in [3.63, 3.8) is 0 Å². The van der Waals surface area contributed by atoms with E-state index in [1.54, 1.807) is 12.2 Å². The molecule has 0 aromatic carbocycles. The molecule has 0 aromatic rings. The summed E-state index contributed by atoms with van der Waals surface area (Å²) in [5, 5.41) is 12.2. The molecule has 1 saturated carbocycles. The minimum Gasteiger partial charge on any atom is -0.459 e. The molecule has 0 bridgehead atoms. The Labute approximate surface area is 242 Å². The van der Waals surface area contributed by atoms with Crippen LogP contribution in [0.1, 0.15) is 74.7 Å². The second-order valence-corrected chi connectivity index (χ2v) is 12.2. The summed E-state index contributed by atoms with van der Waals surface area (Å²) in [5.74, 6) is -3.17. The molecule has 1 N–H and O–H groups in total. The van der Waals surface area contributed by atoms with Crippen LogP contribution in [0.3, 0.4) is 0 Å². The van der Waals surface area contributed by atoms with Gasteiger partial charge in [0.15, 0.2) is 0 Å². The lowest BCUT2D eigenvalue weighted by Gasteiger charge is -2.62. The molecular formula is C31H44O10. The number of ether oxygens (including phenoxy) is 5. The summed E-state index contributed by atoms with van der Waals surface area (Å²) in [6.45, 7) is 17.2. The maximum atomic E-state index is 12.8. The van der Waals surface area contributed by atoms with E-state index in [4.69, 9.17) is 23.7 Å². The van der Waals surface area contributed by atoms with Gasteiger partial charge in [0.1, 0.15) is 18.3 Å². The molecule has 9 atom stereocenters. The first-order chi connectivity index (χ1) is 19.1. The molecule has 0 unspecified atom stereocenters. The number of hydrogen-bond donors (Lipinski definition) is 1. The van der Waals surface area contributed by atoms with Gasteiger partial charge in [-0.2, -0.15) is 0 Å². The summed E-state index contributed by atoms with van der Waals surface area (Å²) in [4.78, 5) is 49.6. The van der Waals surface area contributed by atoms with Gasteiger partial charge in [-0.25, -0.2) is 0 Å². The highest BCUT2D eigenvalue weighted by atomic mass is 16.8. The second kappa shape index (κ2) is 12.5. The van der Waals surface area contributed by atoms with Gasteiger partial charge in [0.25, 0.3) is 0 Å². The fourth-order valence-electron chi connectivity index (χ4n) is 6.79. The first-order valence-electron chi connectivity index (χ1n) is 14.1. The van der Waals surface area contributed by atoms with Gasteiger partial charge in [-0.3, -0.25) is 23.9 Å². The van der Waals surface area contributed by atoms with Gasteiger partial charge in [0, 0.05) is 38.7 Å². The highest BCUT2D eigenvalue weighted by Crippen LogP contribution is 2.67. The monoisotopic (exact) mass is 576 g/mol. The van der Waals surface area contributed by atoms with Crippen molar-refractivity contribution in [2.75, 3.05) is 0 Å². The third kappa shape index (κ3) is 6.28. The number of carbonyl (C=O) groups excluding carboxylic acids is 4. The molecule has 2 fully saturated rings. The molecule has 0 aromatic heterocycles. The Morgan fingerprint density at radius 2 is 1.68 bits per heavy atom. The zero-order valence-corrected chi connectivity index (χ0v) is 25.3. The molecule has 0 radical (unpaired) electrons. The van der Waals surface area contributed by atoms with Crippen molar-refractivity contribution >= 4 is 23.9 Å². The van der Waals surface area contributed by atoms with Crippen molar-refractivity contribution in [3.8, 4) is 0 Å². The number of esters is 4. The first-order valence-corrected chi connectivity index (χ1v) is 14.1. The molecule has 10 heteroatoms. The van der Waals surface area contributed by atoms with Crippen LogP contribution in [0.5, 0.6) is 0 Å². The normalized spacial score (nSPS) is 36.4. The van der Waals surface area contributed by atoms with Crippen LogP contribution in [0.4, 0.5) is 0 Å². The van der Waals surface area contributed by atoms with Crippen molar-refractivity contribution in [3.05, 3.63) is 36.0 Å². The number of carbonyl (C=O) groups is 4. The maximum Gasteiger partial charge on any atom is 0.306 e. The van der Waals surface area contributed by atoms with E-state index in [1.165, 1.54) is 20.8 Å². The molecule has 1 aliphatic heterocycles. The molecule has 0 amide bonds. The number of aliphatic hydroxyl groups excluding tert-OH is 1. The molecule has 10 nitrogen and oxygen atoms in total. The predicted molar refractivity (Wildman–Crippen MR) is 148 cm³/mol. The molecular weight excluding hydrogens is 532 g/mol. The summed E-state index contributed by atoms with van der Waals surface area (Å²) in [6.07, 6.45) is 0.422. The number of aliphatic hydroxyl groups is 1. The minimum atomic E-state index is -1.48. The first kappa shape index (κ1) is 32.5. The fourth-order valence-corrected chi connectivity index (χ4v) is 6.79. The topological polar surface area (TPSA) is 135 Å². The summed E-state index contributed by atoms with van der Waals surface area (Å²) in [6, 6.07) is 0. The van der Waals surface area contributed by atoms with Gasteiger partial charge >= 0.3 is 23.9 Å². The zero-order valence-electron chi connectivity index (χ0n) is 25.3. The summed E-state index contributed by atoms with van der Waals surface area (Å²) in [7, 11) is 0. The Morgan fingerprint density at radius 1 is 1.07 bits per heavy atom. The third-order valence-corrected chi connectivity index (χ3v) is 8.82. The van der Waals surface area contributed by atoms with Crippen molar-refractivity contribution in [1.82, 2.24) is 0 Å². The smallest absolute Gasteiger partial charge is 0.306 e. The highest BCUT2D eigenvalue weighted by molar-refractivity contribution is 5.70. The molecule has 3 rings (SSSR count). The average molecular weight is 577 g/mol. The summed E-state index contributed by atoms with van der Waals surface area (Å²) in [5.41, 5.74) is -0.973. The van der Waals surface area contributed by atoms with Crippen molar-refractivity contribution < 1.29 is 48.0 Å². The molecule has 1 heterocycles. The Kier molecular flexibility index (Phi) is 9.91. The molecule has 3 aliphatic rings. The van der Waals surface area contributed by atoms with Crippen molar-refractivity contribution in [1.29, 1.82) is 0 Å². The summed E-state index contributed by atoms with van der Waals surface area (Å²) >= 11 is 0. The van der Waals surface area contributed by atoms with Gasteiger partial charge in [-0.05, 0) is 43.1 Å². The van der Waals surface area contributed by atoms with E-state index in [9.17, 15) is 24.3 Å². The van der Waals surface area contributed by atoms with Gasteiger partial charge < -0.3 is 24.1 Å². The second-order valence-electron chi connectivity index (χ2n) is 12.2. The van der Waals surface area contributed by atoms with E-state index in [2.05, 4.69) is 6.58 Å². The Morgan fingerprint density at radius 3 is 2.22 bits per heavy atom. The van der Waals surface area contributed by atoms with E-state index in [-0.39, 0.29) is 24.7 Å². The zero-order chi connectivity index (χ0) is 30.9. The number of hydrogen-bond acceptors (Lipinski definition) is 10. The Hall–Kier alpha value is -2.98. The van der Waals surface area contributed by atoms with Crippen LogP contribution >= 0.6 is 0 Å². The lowest BCUT2D eigenvalue weighted by molar-refractivity contribution is -0.275. The lowest BCUT2D eigenvalue weighted by Crippen LogP contribution is -2.68. The van der Waals surface area contributed by atoms with E-state index in [0.29, 0.717) is 12.0 Å². The van der Waals surface area contributed by atoms with Crippen LogP contribution in [-0.2, 0) is 42.9 Å². The quantitative estimate of drug-likeness (QED) is 0.185. The molecule has 1 saturated heterocycles. The number of allylic oxidation sites excluding steroid dienone is 3. The van der Waals surface area contributed by atoms with Crippen LogP contribution < -0.4 is 0 Å². The van der Waals surface area contributed by atoms with Crippen molar-refractivity contribution in [2.24, 2.45) is 28.6 Å². The average Bonchev–Trinajstić information content (AvgIpc) is 3.14. The van der Waals surface area contributed by atoms with Crippen molar-refractivity contribution in [2.45, 2.75) is 106 Å². The SMILES string of the molecule is C=C/C(C)=C\C[C@]1(C)[C@H](C)[C@@H](OC(C)=O)[C@H](O)[C@@]23C(=C[C@H](OC(=O)CC(C)C)C[C@@H]12)[C@@H](OC(C)=O)O[C@H]3OC(C)=O. The van der Waals surface area contributed by atoms with Gasteiger partial charge in [0.2, 0.25) is 12.6 Å². The Balaban J connectivity index is 2.31. The third-order valence-electron chi connectivity index (χ3n) is 8.82. The van der Waals surface area contributed by atoms with Crippen LogP contribution in [0.25, 0.3) is 0 Å². The van der Waals surface area contributed by atoms with Crippen LogP contribution in [0, 0.1) is 28.6 Å². The van der Waals surface area contributed by atoms with E-state index >= 15 is 0 Å². The largest absolute Gasteiger partial charge is 0.459 e. The molecule has 2 aliphatic carbocycles. The molecule has 1 spiro atoms. The highest BCUT2D eigenvalue weighted by Gasteiger charge is 2.74. The van der Waals surface area contributed by atoms with Crippen LogP contribution in [0.2, 0.25) is 0 Å². The molecule has 228 valence electrons. The van der Waals surface area contributed by atoms with E-state index in [0.717, 1.165) is 5.57 Å². The van der Waals surface area contributed by atoms with E-state index in [1.807, 2.05) is 40.7 Å².